The van der Waals surface area contributed by atoms with Gasteiger partial charge in [-0.3, -0.25) is 9.78 Å². The van der Waals surface area contributed by atoms with Crippen molar-refractivity contribution in [2.75, 3.05) is 12.8 Å². The van der Waals surface area contributed by atoms with Crippen LogP contribution >= 0.6 is 0 Å². The van der Waals surface area contributed by atoms with Crippen molar-refractivity contribution in [3.05, 3.63) is 77.8 Å². The van der Waals surface area contributed by atoms with Crippen LogP contribution in [0, 0.1) is 5.82 Å². The molecule has 0 aliphatic carbocycles. The Hall–Kier alpha value is -3.73. The lowest BCUT2D eigenvalue weighted by atomic mass is 10.1. The summed E-state index contributed by atoms with van der Waals surface area (Å²) in [7, 11) is -3.67. The maximum Gasteiger partial charge on any atom is 0.307 e. The van der Waals surface area contributed by atoms with Gasteiger partial charge in [-0.1, -0.05) is 6.08 Å². The highest BCUT2D eigenvalue weighted by molar-refractivity contribution is 7.86. The molecule has 32 heavy (non-hydrogen) atoms. The summed E-state index contributed by atoms with van der Waals surface area (Å²) in [6.07, 6.45) is 8.90. The quantitative estimate of drug-likeness (QED) is 0.544. The maximum atomic E-state index is 13.2. The summed E-state index contributed by atoms with van der Waals surface area (Å²) in [5.41, 5.74) is 2.26. The number of dihydropyridines is 1. The molecule has 2 aromatic heterocycles. The number of fused-ring (bicyclic) bond motifs is 1. The van der Waals surface area contributed by atoms with Gasteiger partial charge in [-0.15, -0.1) is 0 Å². The Kier molecular flexibility index (Phi) is 5.66. The van der Waals surface area contributed by atoms with Gasteiger partial charge in [0, 0.05) is 24.2 Å². The number of hydrogen-bond acceptors (Lipinski definition) is 7. The Bertz CT molecular complexity index is 1350. The molecule has 4 rings (SSSR count). The van der Waals surface area contributed by atoms with Gasteiger partial charge < -0.3 is 14.8 Å². The molecule has 166 valence electrons. The Morgan fingerprint density at radius 1 is 1.25 bits per heavy atom. The Labute approximate surface area is 183 Å². The first-order chi connectivity index (χ1) is 15.2. The van der Waals surface area contributed by atoms with Crippen molar-refractivity contribution in [3.63, 3.8) is 0 Å². The number of pyridine rings is 1. The molecule has 1 aliphatic rings. The molecule has 11 heteroatoms. The lowest BCUT2D eigenvalue weighted by Gasteiger charge is -2.21. The topological polar surface area (TPSA) is 115 Å². The van der Waals surface area contributed by atoms with E-state index in [2.05, 4.69) is 20.7 Å². The summed E-state index contributed by atoms with van der Waals surface area (Å²) in [4.78, 5) is 17.1. The normalized spacial score (nSPS) is 14.8. The maximum absolute atomic E-state index is 13.2. The van der Waals surface area contributed by atoms with Crippen molar-refractivity contribution in [1.82, 2.24) is 25.4 Å². The summed E-state index contributed by atoms with van der Waals surface area (Å²) in [6, 6.07) is 5.41. The van der Waals surface area contributed by atoms with E-state index in [1.54, 1.807) is 36.1 Å². The minimum atomic E-state index is -3.67. The van der Waals surface area contributed by atoms with Crippen LogP contribution in [0.3, 0.4) is 0 Å². The number of halogens is 1. The van der Waals surface area contributed by atoms with Gasteiger partial charge in [0.2, 0.25) is 5.88 Å². The summed E-state index contributed by atoms with van der Waals surface area (Å²) in [5, 5.41) is 10.6. The fourth-order valence-electron chi connectivity index (χ4n) is 3.32. The molecule has 0 saturated carbocycles. The molecule has 0 spiro atoms. The number of rotatable bonds is 6. The summed E-state index contributed by atoms with van der Waals surface area (Å²) in [5.74, 6) is -0.633. The van der Waals surface area contributed by atoms with Crippen molar-refractivity contribution < 1.29 is 21.8 Å². The number of aromatic nitrogens is 3. The van der Waals surface area contributed by atoms with Gasteiger partial charge in [0.25, 0.3) is 5.91 Å². The number of benzene rings is 1. The molecule has 1 atom stereocenters. The van der Waals surface area contributed by atoms with Gasteiger partial charge in [-0.05, 0) is 36.8 Å². The molecule has 3 heterocycles. The third kappa shape index (κ3) is 4.62. The molecular formula is C21H20FN5O4S. The summed E-state index contributed by atoms with van der Waals surface area (Å²) < 4.78 is 42.4. The first kappa shape index (κ1) is 21.5. The third-order valence-corrected chi connectivity index (χ3v) is 5.30. The zero-order valence-electron chi connectivity index (χ0n) is 17.2. The van der Waals surface area contributed by atoms with Gasteiger partial charge in [-0.2, -0.15) is 13.5 Å². The van der Waals surface area contributed by atoms with Gasteiger partial charge in [-0.25, -0.2) is 9.07 Å². The average molecular weight is 457 g/mol. The summed E-state index contributed by atoms with van der Waals surface area (Å²) in [6.45, 7) is 2.14. The van der Waals surface area contributed by atoms with E-state index in [0.29, 0.717) is 34.3 Å². The molecule has 2 N–H and O–H groups in total. The van der Waals surface area contributed by atoms with E-state index in [4.69, 9.17) is 4.18 Å². The fourth-order valence-corrected chi connectivity index (χ4v) is 3.75. The number of carbonyl (C=O) groups is 1. The van der Waals surface area contributed by atoms with E-state index in [1.165, 1.54) is 24.4 Å². The second-order valence-corrected chi connectivity index (χ2v) is 8.80. The molecule has 1 aromatic carbocycles. The third-order valence-electron chi connectivity index (χ3n) is 4.81. The van der Waals surface area contributed by atoms with Crippen molar-refractivity contribution in [3.8, 4) is 5.69 Å². The lowest BCUT2D eigenvalue weighted by molar-refractivity contribution is 0.0947. The average Bonchev–Trinajstić information content (AvgIpc) is 3.17. The minimum absolute atomic E-state index is 0.0930. The van der Waals surface area contributed by atoms with Crippen molar-refractivity contribution in [2.24, 2.45) is 0 Å². The van der Waals surface area contributed by atoms with Crippen LogP contribution < -0.4 is 10.6 Å². The summed E-state index contributed by atoms with van der Waals surface area (Å²) >= 11 is 0. The smallest absolute Gasteiger partial charge is 0.307 e. The molecule has 1 amide bonds. The second kappa shape index (κ2) is 8.42. The molecule has 0 fully saturated rings. The highest BCUT2D eigenvalue weighted by Crippen LogP contribution is 2.22. The number of nitrogens with zero attached hydrogens (tertiary/aromatic N) is 3. The minimum Gasteiger partial charge on any atom is -0.364 e. The Morgan fingerprint density at radius 2 is 2.00 bits per heavy atom. The Balaban J connectivity index is 1.57. The van der Waals surface area contributed by atoms with Crippen LogP contribution in [0.15, 0.2) is 66.5 Å². The van der Waals surface area contributed by atoms with Gasteiger partial charge in [0.05, 0.1) is 41.5 Å². The molecule has 0 bridgehead atoms. The SMILES string of the molecule is C[C@H](NC(=O)c1cncc2c1cnn2-c1ccc(F)cc1)C1=CCNC(OS(C)(=O)=O)=C1. The van der Waals surface area contributed by atoms with Crippen LogP contribution in [0.2, 0.25) is 0 Å². The predicted molar refractivity (Wildman–Crippen MR) is 116 cm³/mol. The van der Waals surface area contributed by atoms with Crippen LogP contribution in [0.4, 0.5) is 4.39 Å². The van der Waals surface area contributed by atoms with Crippen molar-refractivity contribution >= 4 is 26.9 Å². The van der Waals surface area contributed by atoms with Crippen LogP contribution in [0.5, 0.6) is 0 Å². The largest absolute Gasteiger partial charge is 0.364 e. The van der Waals surface area contributed by atoms with Crippen LogP contribution in [-0.4, -0.2) is 47.9 Å². The molecule has 1 aliphatic heterocycles. The zero-order chi connectivity index (χ0) is 22.9. The molecule has 9 nitrogen and oxygen atoms in total. The number of hydrogen-bond donors (Lipinski definition) is 2. The lowest BCUT2D eigenvalue weighted by Crippen LogP contribution is -2.35. The van der Waals surface area contributed by atoms with Crippen LogP contribution in [0.25, 0.3) is 16.6 Å². The predicted octanol–water partition coefficient (Wildman–Crippen LogP) is 2.03. The number of carbonyl (C=O) groups excluding carboxylic acids is 1. The molecule has 0 saturated heterocycles. The van der Waals surface area contributed by atoms with Crippen molar-refractivity contribution in [1.29, 1.82) is 0 Å². The van der Waals surface area contributed by atoms with Crippen LogP contribution in [0.1, 0.15) is 17.3 Å². The second-order valence-electron chi connectivity index (χ2n) is 7.23. The molecular weight excluding hydrogens is 437 g/mol. The molecule has 0 radical (unpaired) electrons. The highest BCUT2D eigenvalue weighted by atomic mass is 32.2. The first-order valence-corrected chi connectivity index (χ1v) is 11.5. The monoisotopic (exact) mass is 457 g/mol. The van der Waals surface area contributed by atoms with Gasteiger partial charge in [0.1, 0.15) is 5.82 Å². The van der Waals surface area contributed by atoms with E-state index in [1.807, 2.05) is 6.08 Å². The first-order valence-electron chi connectivity index (χ1n) is 9.65. The van der Waals surface area contributed by atoms with Crippen LogP contribution in [-0.2, 0) is 14.3 Å². The fraction of sp³-hybridized carbons (Fsp3) is 0.190. The standard InChI is InChI=1S/C21H20FN5O4S/c1-13(14-7-8-24-20(9-14)31-32(2,29)30)26-21(28)18-10-23-12-19-17(18)11-25-27(19)16-5-3-15(22)4-6-16/h3-7,9-13,24H,8H2,1-2H3,(H,26,28)/t13-/m0/s1. The number of nitrogens with one attached hydrogen (secondary N) is 2. The molecule has 3 aromatic rings. The Morgan fingerprint density at radius 3 is 2.72 bits per heavy atom. The van der Waals surface area contributed by atoms with E-state index in [-0.39, 0.29) is 17.6 Å². The van der Waals surface area contributed by atoms with E-state index in [0.717, 1.165) is 6.26 Å². The van der Waals surface area contributed by atoms with E-state index in [9.17, 15) is 17.6 Å². The van der Waals surface area contributed by atoms with Crippen molar-refractivity contribution in [2.45, 2.75) is 13.0 Å². The highest BCUT2D eigenvalue weighted by Gasteiger charge is 2.20. The van der Waals surface area contributed by atoms with E-state index >= 15 is 0 Å². The van der Waals surface area contributed by atoms with Gasteiger partial charge in [0.15, 0.2) is 0 Å². The van der Waals surface area contributed by atoms with E-state index < -0.39 is 16.2 Å². The zero-order valence-corrected chi connectivity index (χ0v) is 18.1. The number of amides is 1. The van der Waals surface area contributed by atoms with Gasteiger partial charge >= 0.3 is 10.1 Å². The molecule has 0 unspecified atom stereocenters.